The fraction of sp³-hybridized carbons (Fsp3) is 0.483. The summed E-state index contributed by atoms with van der Waals surface area (Å²) >= 11 is 5.89. The molecule has 1 saturated heterocycles. The van der Waals surface area contributed by atoms with Crippen LogP contribution >= 0.6 is 11.6 Å². The van der Waals surface area contributed by atoms with Crippen LogP contribution in [-0.2, 0) is 6.54 Å². The Bertz CT molecular complexity index is 1140. The van der Waals surface area contributed by atoms with E-state index >= 15 is 0 Å². The summed E-state index contributed by atoms with van der Waals surface area (Å²) in [6.45, 7) is 10.8. The van der Waals surface area contributed by atoms with Crippen molar-refractivity contribution in [3.8, 4) is 22.6 Å². The number of hydrogen-bond acceptors (Lipinski definition) is 6. The molecule has 1 atom stereocenters. The first-order valence-electron chi connectivity index (χ1n) is 13.3. The zero-order valence-corrected chi connectivity index (χ0v) is 22.7. The molecule has 1 aliphatic heterocycles. The minimum Gasteiger partial charge on any atom is -0.493 e. The quantitative estimate of drug-likeness (QED) is 0.296. The van der Waals surface area contributed by atoms with Crippen LogP contribution in [0.5, 0.6) is 11.5 Å². The van der Waals surface area contributed by atoms with Crippen molar-refractivity contribution in [1.82, 2.24) is 20.0 Å². The Labute approximate surface area is 225 Å². The van der Waals surface area contributed by atoms with Gasteiger partial charge in [0.05, 0.1) is 37.1 Å². The Morgan fingerprint density at radius 3 is 2.24 bits per heavy atom. The van der Waals surface area contributed by atoms with Gasteiger partial charge in [-0.1, -0.05) is 35.9 Å². The van der Waals surface area contributed by atoms with Crippen molar-refractivity contribution in [2.75, 3.05) is 45.9 Å². The molecule has 4 rings (SSSR count). The molecule has 0 aliphatic carbocycles. The molecule has 0 bridgehead atoms. The molecule has 0 unspecified atom stereocenters. The van der Waals surface area contributed by atoms with Crippen molar-refractivity contribution in [2.24, 2.45) is 0 Å². The summed E-state index contributed by atoms with van der Waals surface area (Å²) in [6, 6.07) is 12.5. The van der Waals surface area contributed by atoms with Crippen LogP contribution in [-0.4, -0.2) is 71.8 Å². The maximum Gasteiger partial charge on any atom is 0.122 e. The van der Waals surface area contributed by atoms with Crippen LogP contribution in [0.1, 0.15) is 30.4 Å². The Morgan fingerprint density at radius 1 is 0.973 bits per heavy atom. The summed E-state index contributed by atoms with van der Waals surface area (Å²) in [6.07, 6.45) is 6.06. The summed E-state index contributed by atoms with van der Waals surface area (Å²) in [5.41, 5.74) is 4.62. The second kappa shape index (κ2) is 13.8. The third-order valence-electron chi connectivity index (χ3n) is 6.86. The maximum absolute atomic E-state index is 9.69. The van der Waals surface area contributed by atoms with Crippen LogP contribution < -0.4 is 14.8 Å². The number of nitrogens with zero attached hydrogens (tertiary/aromatic N) is 3. The molecular formula is C29H39ClN4O3. The van der Waals surface area contributed by atoms with Crippen molar-refractivity contribution in [2.45, 2.75) is 45.8 Å². The SMILES string of the molecule is Cc1c(OCCCNCCn2cc(Cl)cn2)cccc1-c1cccc(OCCCN2CC[C@@H](O)C2)c1C. The third kappa shape index (κ3) is 7.95. The number of aromatic nitrogens is 2. The highest BCUT2D eigenvalue weighted by Crippen LogP contribution is 2.35. The Balaban J connectivity index is 1.24. The third-order valence-corrected chi connectivity index (χ3v) is 7.05. The highest BCUT2D eigenvalue weighted by Gasteiger charge is 2.19. The van der Waals surface area contributed by atoms with E-state index in [4.69, 9.17) is 21.1 Å². The molecule has 2 heterocycles. The molecule has 0 radical (unpaired) electrons. The lowest BCUT2D eigenvalue weighted by molar-refractivity contribution is 0.173. The summed E-state index contributed by atoms with van der Waals surface area (Å²) < 4.78 is 14.1. The van der Waals surface area contributed by atoms with Gasteiger partial charge in [-0.25, -0.2) is 0 Å². The van der Waals surface area contributed by atoms with Gasteiger partial charge in [0, 0.05) is 32.4 Å². The summed E-state index contributed by atoms with van der Waals surface area (Å²) in [5, 5.41) is 18.0. The van der Waals surface area contributed by atoms with Gasteiger partial charge in [-0.05, 0) is 74.0 Å². The molecule has 0 saturated carbocycles. The molecule has 200 valence electrons. The molecule has 0 amide bonds. The van der Waals surface area contributed by atoms with E-state index in [0.29, 0.717) is 18.2 Å². The number of nitrogens with one attached hydrogen (secondary N) is 1. The number of ether oxygens (including phenoxy) is 2. The maximum atomic E-state index is 9.69. The number of aliphatic hydroxyl groups excluding tert-OH is 1. The standard InChI is InChI=1S/C29H39ClN4O3/c1-22-26(7-3-9-28(22)36-17-5-12-31-13-16-34-20-24(30)19-32-34)27-8-4-10-29(23(27)2)37-18-6-14-33-15-11-25(35)21-33/h3-4,7-10,19-20,25,31,35H,5-6,11-18,21H2,1-2H3/t25-/m1/s1. The van der Waals surface area contributed by atoms with E-state index in [1.807, 2.05) is 23.0 Å². The highest BCUT2D eigenvalue weighted by atomic mass is 35.5. The van der Waals surface area contributed by atoms with Gasteiger partial charge in [-0.2, -0.15) is 5.10 Å². The number of hydrogen-bond donors (Lipinski definition) is 2. The normalized spacial score (nSPS) is 15.8. The summed E-state index contributed by atoms with van der Waals surface area (Å²) in [5.74, 6) is 1.84. The van der Waals surface area contributed by atoms with E-state index in [0.717, 1.165) is 81.2 Å². The number of benzene rings is 2. The zero-order chi connectivity index (χ0) is 26.0. The average Bonchev–Trinajstić information content (AvgIpc) is 3.50. The van der Waals surface area contributed by atoms with Crippen LogP contribution in [0.15, 0.2) is 48.8 Å². The van der Waals surface area contributed by atoms with Crippen LogP contribution in [0.2, 0.25) is 5.02 Å². The van der Waals surface area contributed by atoms with Crippen molar-refractivity contribution in [3.05, 3.63) is 64.9 Å². The Kier molecular flexibility index (Phi) is 10.3. The number of likely N-dealkylation sites (tertiary alicyclic amines) is 1. The Hall–Kier alpha value is -2.58. The molecule has 1 aliphatic rings. The summed E-state index contributed by atoms with van der Waals surface area (Å²) in [4.78, 5) is 2.31. The topological polar surface area (TPSA) is 71.8 Å². The van der Waals surface area contributed by atoms with E-state index in [1.54, 1.807) is 6.20 Å². The molecule has 0 spiro atoms. The second-order valence-electron chi connectivity index (χ2n) is 9.68. The molecule has 7 nitrogen and oxygen atoms in total. The molecule has 3 aromatic rings. The number of aliphatic hydroxyl groups is 1. The smallest absolute Gasteiger partial charge is 0.122 e. The van der Waals surface area contributed by atoms with Crippen molar-refractivity contribution in [1.29, 1.82) is 0 Å². The molecule has 37 heavy (non-hydrogen) atoms. The first kappa shape index (κ1) is 27.5. The number of rotatable bonds is 14. The second-order valence-corrected chi connectivity index (χ2v) is 10.1. The average molecular weight is 527 g/mol. The van der Waals surface area contributed by atoms with Gasteiger partial charge in [0.1, 0.15) is 11.5 Å². The van der Waals surface area contributed by atoms with Gasteiger partial charge < -0.3 is 24.8 Å². The van der Waals surface area contributed by atoms with E-state index in [-0.39, 0.29) is 6.10 Å². The molecule has 8 heteroatoms. The van der Waals surface area contributed by atoms with Crippen molar-refractivity contribution >= 4 is 11.6 Å². The fourth-order valence-electron chi connectivity index (χ4n) is 4.77. The zero-order valence-electron chi connectivity index (χ0n) is 22.0. The minimum absolute atomic E-state index is 0.168. The largest absolute Gasteiger partial charge is 0.493 e. The first-order chi connectivity index (χ1) is 18.0. The molecular weight excluding hydrogens is 488 g/mol. The van der Waals surface area contributed by atoms with E-state index < -0.39 is 0 Å². The van der Waals surface area contributed by atoms with Gasteiger partial charge in [0.15, 0.2) is 0 Å². The lowest BCUT2D eigenvalue weighted by Gasteiger charge is -2.18. The van der Waals surface area contributed by atoms with E-state index in [2.05, 4.69) is 53.4 Å². The molecule has 1 fully saturated rings. The monoisotopic (exact) mass is 526 g/mol. The van der Waals surface area contributed by atoms with Crippen LogP contribution in [0.4, 0.5) is 0 Å². The van der Waals surface area contributed by atoms with Gasteiger partial charge >= 0.3 is 0 Å². The van der Waals surface area contributed by atoms with Crippen LogP contribution in [0.25, 0.3) is 11.1 Å². The molecule has 1 aromatic heterocycles. The van der Waals surface area contributed by atoms with Gasteiger partial charge in [0.2, 0.25) is 0 Å². The van der Waals surface area contributed by atoms with Gasteiger partial charge in [-0.3, -0.25) is 4.68 Å². The fourth-order valence-corrected chi connectivity index (χ4v) is 4.93. The highest BCUT2D eigenvalue weighted by molar-refractivity contribution is 6.30. The lowest BCUT2D eigenvalue weighted by atomic mass is 9.95. The predicted molar refractivity (Wildman–Crippen MR) is 149 cm³/mol. The number of β-amino-alcohol motifs (C(OH)–C–C–N with tert-alkyl or cyclic N) is 1. The van der Waals surface area contributed by atoms with Crippen molar-refractivity contribution in [3.63, 3.8) is 0 Å². The lowest BCUT2D eigenvalue weighted by Crippen LogP contribution is -2.24. The van der Waals surface area contributed by atoms with Crippen LogP contribution in [0, 0.1) is 13.8 Å². The van der Waals surface area contributed by atoms with E-state index in [1.165, 1.54) is 11.1 Å². The van der Waals surface area contributed by atoms with Gasteiger partial charge in [0.25, 0.3) is 0 Å². The Morgan fingerprint density at radius 2 is 1.65 bits per heavy atom. The number of halogens is 1. The molecule has 2 N–H and O–H groups in total. The van der Waals surface area contributed by atoms with Gasteiger partial charge in [-0.15, -0.1) is 0 Å². The minimum atomic E-state index is -0.168. The van der Waals surface area contributed by atoms with E-state index in [9.17, 15) is 5.11 Å². The van der Waals surface area contributed by atoms with Crippen molar-refractivity contribution < 1.29 is 14.6 Å². The van der Waals surface area contributed by atoms with Crippen LogP contribution in [0.3, 0.4) is 0 Å². The summed E-state index contributed by atoms with van der Waals surface area (Å²) in [7, 11) is 0. The predicted octanol–water partition coefficient (Wildman–Crippen LogP) is 4.71. The molecule has 2 aromatic carbocycles. The first-order valence-corrected chi connectivity index (χ1v) is 13.6.